The van der Waals surface area contributed by atoms with Crippen LogP contribution in [-0.4, -0.2) is 44.6 Å². The van der Waals surface area contributed by atoms with E-state index in [1.165, 1.54) is 25.7 Å². The van der Waals surface area contributed by atoms with Crippen LogP contribution in [0.3, 0.4) is 0 Å². The van der Waals surface area contributed by atoms with Gasteiger partial charge < -0.3 is 9.80 Å². The molecule has 2 radical (unpaired) electrons. The fourth-order valence-electron chi connectivity index (χ4n) is 1.50. The number of thiocarbonyl (C=S) groups is 2. The van der Waals surface area contributed by atoms with Gasteiger partial charge in [0.25, 0.3) is 0 Å². The Morgan fingerprint density at radius 3 is 1.18 bits per heavy atom. The van der Waals surface area contributed by atoms with Crippen molar-refractivity contribution in [2.75, 3.05) is 26.2 Å². The van der Waals surface area contributed by atoms with Crippen LogP contribution >= 0.6 is 49.7 Å². The number of hydrogen-bond acceptors (Lipinski definition) is 2. The maximum absolute atomic E-state index is 5.03. The summed E-state index contributed by atoms with van der Waals surface area (Å²) in [6, 6.07) is 0. The smallest absolute Gasteiger partial charge is 0.133 e. The van der Waals surface area contributed by atoms with Gasteiger partial charge in [-0.25, -0.2) is 0 Å². The number of rotatable bonds is 8. The molecule has 0 rings (SSSR count). The summed E-state index contributed by atoms with van der Waals surface area (Å²) in [7, 11) is 0. The Labute approximate surface area is 180 Å². The van der Waals surface area contributed by atoms with Crippen molar-refractivity contribution in [2.24, 2.45) is 0 Å². The molecule has 0 atom stereocenters. The Bertz CT molecular complexity index is 257. The van der Waals surface area contributed by atoms with Crippen LogP contribution in [0.4, 0.5) is 0 Å². The summed E-state index contributed by atoms with van der Waals surface area (Å²) in [4.78, 5) is 4.20. The average Bonchev–Trinajstić information content (AvgIpc) is 2.40. The molecule has 0 amide bonds. The quantitative estimate of drug-likeness (QED) is 0.296. The van der Waals surface area contributed by atoms with Crippen molar-refractivity contribution in [3.63, 3.8) is 0 Å². The maximum atomic E-state index is 5.03. The summed E-state index contributed by atoms with van der Waals surface area (Å²) in [5, 5.41) is 0. The molecule has 0 aromatic rings. The largest absolute Gasteiger partial charge is 0.358 e. The zero-order valence-corrected chi connectivity index (χ0v) is 19.2. The molecule has 22 heavy (non-hydrogen) atoms. The molecule has 0 aliphatic heterocycles. The molecule has 0 spiro atoms. The normalized spacial score (nSPS) is 8.64. The van der Waals surface area contributed by atoms with E-state index >= 15 is 0 Å². The van der Waals surface area contributed by atoms with E-state index in [2.05, 4.69) is 57.9 Å². The molecule has 0 heterocycles. The van der Waals surface area contributed by atoms with Crippen LogP contribution in [0.2, 0.25) is 0 Å². The van der Waals surface area contributed by atoms with Crippen molar-refractivity contribution in [1.29, 1.82) is 0 Å². The summed E-state index contributed by atoms with van der Waals surface area (Å²) in [6.07, 6.45) is 4.87. The molecule has 0 saturated carbocycles. The van der Waals surface area contributed by atoms with Crippen LogP contribution in [0.25, 0.3) is 0 Å². The van der Waals surface area contributed by atoms with Crippen molar-refractivity contribution < 1.29 is 34.1 Å². The minimum atomic E-state index is 0. The third-order valence-electron chi connectivity index (χ3n) is 2.87. The molecular weight excluding hydrogens is 452 g/mol. The van der Waals surface area contributed by atoms with Crippen molar-refractivity contribution in [1.82, 2.24) is 9.80 Å². The van der Waals surface area contributed by atoms with Gasteiger partial charge in [-0.2, -0.15) is 0 Å². The van der Waals surface area contributed by atoms with Crippen molar-refractivity contribution in [3.05, 3.63) is 0 Å². The van der Waals surface area contributed by atoms with E-state index in [9.17, 15) is 0 Å². The van der Waals surface area contributed by atoms with Crippen LogP contribution in [0, 0.1) is 0 Å². The molecule has 0 aliphatic carbocycles. The molecule has 0 aromatic carbocycles. The second kappa shape index (κ2) is 22.5. The standard InChI is InChI=1S/C9H19NS2.C5H11NS2.2Cu/c1-3-5-7-10(9(11)12)8-6-4-2;1-3-6(4-2)5(7)8;;/h3-8H2,1-2H3,(H,11,12);3-4H2,1-2H3,(H,7,8);;. The third-order valence-corrected chi connectivity index (χ3v) is 3.95. The second-order valence-corrected chi connectivity index (χ2v) is 6.66. The van der Waals surface area contributed by atoms with E-state index in [4.69, 9.17) is 24.4 Å². The number of thiol groups is 2. The predicted octanol–water partition coefficient (Wildman–Crippen LogP) is 4.64. The SMILES string of the molecule is CCCCN(CCCC)C(=S)S.CCN(CC)C(=S)S.[Cu].[Cu]. The van der Waals surface area contributed by atoms with Crippen molar-refractivity contribution in [2.45, 2.75) is 53.4 Å². The summed E-state index contributed by atoms with van der Waals surface area (Å²) >= 11 is 18.0. The van der Waals surface area contributed by atoms with Crippen LogP contribution < -0.4 is 0 Å². The van der Waals surface area contributed by atoms with Gasteiger partial charge in [0.05, 0.1) is 0 Å². The van der Waals surface area contributed by atoms with Gasteiger partial charge in [0, 0.05) is 60.3 Å². The molecule has 0 saturated heterocycles. The van der Waals surface area contributed by atoms with Crippen LogP contribution in [-0.2, 0) is 34.1 Å². The van der Waals surface area contributed by atoms with Crippen LogP contribution in [0.15, 0.2) is 0 Å². The second-order valence-electron chi connectivity index (χ2n) is 4.43. The number of hydrogen-bond donors (Lipinski definition) is 2. The zero-order chi connectivity index (χ0) is 16.0. The van der Waals surface area contributed by atoms with Gasteiger partial charge in [-0.15, -0.1) is 25.3 Å². The molecule has 0 aliphatic rings. The minimum absolute atomic E-state index is 0. The van der Waals surface area contributed by atoms with E-state index in [1.807, 2.05) is 4.90 Å². The first-order chi connectivity index (χ1) is 9.44. The van der Waals surface area contributed by atoms with Gasteiger partial charge in [0.2, 0.25) is 0 Å². The Morgan fingerprint density at radius 1 is 0.727 bits per heavy atom. The Kier molecular flexibility index (Phi) is 32.0. The van der Waals surface area contributed by atoms with Crippen LogP contribution in [0.5, 0.6) is 0 Å². The summed E-state index contributed by atoms with van der Waals surface area (Å²) in [6.45, 7) is 12.6. The van der Waals surface area contributed by atoms with Gasteiger partial charge in [0.1, 0.15) is 8.64 Å². The van der Waals surface area contributed by atoms with E-state index < -0.39 is 0 Å². The fourth-order valence-corrected chi connectivity index (χ4v) is 2.42. The molecule has 0 fully saturated rings. The molecule has 0 bridgehead atoms. The molecule has 8 heteroatoms. The third kappa shape index (κ3) is 19.6. The van der Waals surface area contributed by atoms with Crippen LogP contribution in [0.1, 0.15) is 53.4 Å². The molecule has 2 nitrogen and oxygen atoms in total. The first-order valence-corrected chi connectivity index (χ1v) is 9.11. The van der Waals surface area contributed by atoms with E-state index in [1.54, 1.807) is 0 Å². The Hall–Kier alpha value is 1.52. The van der Waals surface area contributed by atoms with E-state index in [0.29, 0.717) is 4.32 Å². The summed E-state index contributed by atoms with van der Waals surface area (Å²) < 4.78 is 1.44. The summed E-state index contributed by atoms with van der Waals surface area (Å²) in [5.74, 6) is 0. The maximum Gasteiger partial charge on any atom is 0.133 e. The van der Waals surface area contributed by atoms with Gasteiger partial charge in [0.15, 0.2) is 0 Å². The zero-order valence-electron chi connectivity index (χ0n) is 13.9. The number of unbranched alkanes of at least 4 members (excludes halogenated alkanes) is 2. The first kappa shape index (κ1) is 31.3. The van der Waals surface area contributed by atoms with E-state index in [0.717, 1.165) is 30.5 Å². The topological polar surface area (TPSA) is 6.48 Å². The predicted molar refractivity (Wildman–Crippen MR) is 107 cm³/mol. The number of nitrogens with zero attached hydrogens (tertiary/aromatic N) is 2. The van der Waals surface area contributed by atoms with Gasteiger partial charge in [-0.3, -0.25) is 0 Å². The molecule has 0 N–H and O–H groups in total. The minimum Gasteiger partial charge on any atom is -0.358 e. The monoisotopic (exact) mass is 480 g/mol. The van der Waals surface area contributed by atoms with Gasteiger partial charge >= 0.3 is 0 Å². The Balaban J connectivity index is -0.000000144. The molecule has 0 unspecified atom stereocenters. The van der Waals surface area contributed by atoms with Crippen molar-refractivity contribution in [3.8, 4) is 0 Å². The first-order valence-electron chi connectivity index (χ1n) is 7.40. The van der Waals surface area contributed by atoms with Gasteiger partial charge in [-0.1, -0.05) is 51.1 Å². The average molecular weight is 482 g/mol. The fraction of sp³-hybridized carbons (Fsp3) is 0.857. The summed E-state index contributed by atoms with van der Waals surface area (Å²) in [5.41, 5.74) is 0. The molecular formula is C14H30Cu2N2S4. The molecule has 0 aromatic heterocycles. The van der Waals surface area contributed by atoms with E-state index in [-0.39, 0.29) is 34.1 Å². The van der Waals surface area contributed by atoms with Gasteiger partial charge in [-0.05, 0) is 26.7 Å². The Morgan fingerprint density at radius 2 is 1.05 bits per heavy atom. The molecule has 142 valence electrons. The van der Waals surface area contributed by atoms with Crippen molar-refractivity contribution >= 4 is 58.3 Å².